The van der Waals surface area contributed by atoms with Crippen LogP contribution in [0.25, 0.3) is 0 Å². The summed E-state index contributed by atoms with van der Waals surface area (Å²) in [6, 6.07) is 2.93. The van der Waals surface area contributed by atoms with E-state index in [0.29, 0.717) is 6.04 Å². The van der Waals surface area contributed by atoms with Crippen molar-refractivity contribution >= 4 is 0 Å². The van der Waals surface area contributed by atoms with Crippen LogP contribution in [0.15, 0.2) is 6.07 Å². The summed E-state index contributed by atoms with van der Waals surface area (Å²) >= 11 is 0. The molecular formula is C16H29N5. The van der Waals surface area contributed by atoms with Crippen molar-refractivity contribution in [3.05, 3.63) is 17.5 Å². The van der Waals surface area contributed by atoms with Gasteiger partial charge < -0.3 is 4.90 Å². The third kappa shape index (κ3) is 3.47. The van der Waals surface area contributed by atoms with Crippen molar-refractivity contribution in [2.75, 3.05) is 46.3 Å². The molecule has 118 valence electrons. The number of nitrogens with one attached hydrogen (secondary N) is 1. The number of rotatable bonds is 2. The fourth-order valence-corrected chi connectivity index (χ4v) is 3.39. The Kier molecular flexibility index (Phi) is 4.08. The quantitative estimate of drug-likeness (QED) is 0.887. The summed E-state index contributed by atoms with van der Waals surface area (Å²) in [6.07, 6.45) is 0. The van der Waals surface area contributed by atoms with Gasteiger partial charge in [0.15, 0.2) is 0 Å². The Labute approximate surface area is 128 Å². The van der Waals surface area contributed by atoms with Gasteiger partial charge in [-0.2, -0.15) is 5.10 Å². The molecule has 2 fully saturated rings. The number of hydrogen-bond acceptors (Lipinski definition) is 4. The predicted molar refractivity (Wildman–Crippen MR) is 85.4 cm³/mol. The fraction of sp³-hybridized carbons (Fsp3) is 0.812. The maximum Gasteiger partial charge on any atom is 0.0678 e. The molecule has 0 amide bonds. The van der Waals surface area contributed by atoms with Crippen molar-refractivity contribution in [3.8, 4) is 0 Å². The van der Waals surface area contributed by atoms with Crippen LogP contribution in [-0.2, 0) is 12.0 Å². The van der Waals surface area contributed by atoms with Gasteiger partial charge in [-0.1, -0.05) is 20.8 Å². The first kappa shape index (κ1) is 15.0. The fourth-order valence-electron chi connectivity index (χ4n) is 3.39. The summed E-state index contributed by atoms with van der Waals surface area (Å²) in [6.45, 7) is 14.8. The van der Waals surface area contributed by atoms with Crippen LogP contribution in [0, 0.1) is 0 Å². The van der Waals surface area contributed by atoms with Gasteiger partial charge in [-0.15, -0.1) is 0 Å². The molecule has 0 radical (unpaired) electrons. The zero-order chi connectivity index (χ0) is 15.0. The van der Waals surface area contributed by atoms with Crippen LogP contribution < -0.4 is 0 Å². The van der Waals surface area contributed by atoms with Crippen LogP contribution in [0.3, 0.4) is 0 Å². The summed E-state index contributed by atoms with van der Waals surface area (Å²) in [5.41, 5.74) is 2.53. The summed E-state index contributed by atoms with van der Waals surface area (Å²) in [4.78, 5) is 7.68. The molecule has 1 aromatic heterocycles. The number of fused-ring (bicyclic) bond motifs is 1. The van der Waals surface area contributed by atoms with Crippen molar-refractivity contribution in [2.45, 2.75) is 38.8 Å². The second kappa shape index (κ2) is 5.71. The molecular weight excluding hydrogens is 262 g/mol. The number of likely N-dealkylation sites (N-methyl/N-ethyl adjacent to an activating group) is 1. The minimum Gasteiger partial charge on any atom is -0.303 e. The lowest BCUT2D eigenvalue weighted by Crippen LogP contribution is -2.61. The summed E-state index contributed by atoms with van der Waals surface area (Å²) in [7, 11) is 2.24. The molecule has 5 heteroatoms. The van der Waals surface area contributed by atoms with Crippen molar-refractivity contribution < 1.29 is 0 Å². The molecule has 3 heterocycles. The molecule has 2 aliphatic heterocycles. The lowest BCUT2D eigenvalue weighted by molar-refractivity contribution is 0.0171. The van der Waals surface area contributed by atoms with Crippen LogP contribution in [0.1, 0.15) is 32.2 Å². The molecule has 2 saturated heterocycles. The highest BCUT2D eigenvalue weighted by Crippen LogP contribution is 2.21. The second-order valence-electron chi connectivity index (χ2n) is 7.72. The van der Waals surface area contributed by atoms with Crippen LogP contribution in [0.5, 0.6) is 0 Å². The summed E-state index contributed by atoms with van der Waals surface area (Å²) in [5, 5.41) is 7.70. The van der Waals surface area contributed by atoms with Gasteiger partial charge in [0.25, 0.3) is 0 Å². The molecule has 0 saturated carbocycles. The lowest BCUT2D eigenvalue weighted by atomic mass is 9.92. The average molecular weight is 291 g/mol. The molecule has 1 N–H and O–H groups in total. The van der Waals surface area contributed by atoms with Crippen molar-refractivity contribution in [3.63, 3.8) is 0 Å². The molecule has 1 aromatic rings. The first-order valence-corrected chi connectivity index (χ1v) is 8.11. The third-order valence-corrected chi connectivity index (χ3v) is 4.77. The highest BCUT2D eigenvalue weighted by atomic mass is 15.3. The molecule has 0 bridgehead atoms. The number of aromatic amines is 1. The van der Waals surface area contributed by atoms with Gasteiger partial charge in [0.2, 0.25) is 0 Å². The number of nitrogens with zero attached hydrogens (tertiary/aromatic N) is 4. The van der Waals surface area contributed by atoms with Crippen LogP contribution >= 0.6 is 0 Å². The monoisotopic (exact) mass is 291 g/mol. The Morgan fingerprint density at radius 1 is 1.19 bits per heavy atom. The first-order valence-electron chi connectivity index (χ1n) is 8.11. The number of piperazine rings is 2. The predicted octanol–water partition coefficient (Wildman–Crippen LogP) is 1.14. The van der Waals surface area contributed by atoms with Gasteiger partial charge in [-0.3, -0.25) is 14.9 Å². The first-order chi connectivity index (χ1) is 9.91. The molecule has 0 aliphatic carbocycles. The van der Waals surface area contributed by atoms with E-state index in [4.69, 9.17) is 0 Å². The molecule has 3 rings (SSSR count). The van der Waals surface area contributed by atoms with Crippen molar-refractivity contribution in [2.24, 2.45) is 0 Å². The Balaban J connectivity index is 1.60. The van der Waals surface area contributed by atoms with Gasteiger partial charge in [-0.05, 0) is 13.1 Å². The lowest BCUT2D eigenvalue weighted by Gasteiger charge is -2.46. The van der Waals surface area contributed by atoms with E-state index in [1.165, 1.54) is 45.0 Å². The van der Waals surface area contributed by atoms with Gasteiger partial charge in [-0.25, -0.2) is 0 Å². The SMILES string of the molecule is CN1CCN2CCN(Cc3cc(C(C)(C)C)n[nH]3)CC2C1. The molecule has 21 heavy (non-hydrogen) atoms. The number of hydrogen-bond donors (Lipinski definition) is 1. The van der Waals surface area contributed by atoms with Crippen LogP contribution in [0.4, 0.5) is 0 Å². The average Bonchev–Trinajstić information content (AvgIpc) is 2.86. The molecule has 0 spiro atoms. The zero-order valence-electron chi connectivity index (χ0n) is 13.9. The van der Waals surface area contributed by atoms with E-state index in [9.17, 15) is 0 Å². The van der Waals surface area contributed by atoms with Crippen molar-refractivity contribution in [1.29, 1.82) is 0 Å². The standard InChI is InChI=1S/C16H29N5/c1-16(2,3)15-9-13(17-18-15)10-20-6-8-21-7-5-19(4)11-14(21)12-20/h9,14H,5-8,10-12H2,1-4H3,(H,17,18). The molecule has 1 atom stereocenters. The topological polar surface area (TPSA) is 38.4 Å². The Morgan fingerprint density at radius 3 is 2.67 bits per heavy atom. The summed E-state index contributed by atoms with van der Waals surface area (Å²) < 4.78 is 0. The number of H-pyrrole nitrogens is 1. The van der Waals surface area contributed by atoms with Crippen LogP contribution in [-0.4, -0.2) is 77.3 Å². The molecule has 1 unspecified atom stereocenters. The van der Waals surface area contributed by atoms with Gasteiger partial charge in [0.05, 0.1) is 5.69 Å². The van der Waals surface area contributed by atoms with E-state index >= 15 is 0 Å². The summed E-state index contributed by atoms with van der Waals surface area (Å²) in [5.74, 6) is 0. The van der Waals surface area contributed by atoms with Gasteiger partial charge >= 0.3 is 0 Å². The maximum atomic E-state index is 4.48. The van der Waals surface area contributed by atoms with E-state index in [2.05, 4.69) is 58.8 Å². The highest BCUT2D eigenvalue weighted by molar-refractivity contribution is 5.16. The largest absolute Gasteiger partial charge is 0.303 e. The van der Waals surface area contributed by atoms with Gasteiger partial charge in [0, 0.05) is 63.0 Å². The van der Waals surface area contributed by atoms with E-state index in [1.54, 1.807) is 0 Å². The molecule has 2 aliphatic rings. The Hall–Kier alpha value is -0.910. The van der Waals surface area contributed by atoms with Gasteiger partial charge in [0.1, 0.15) is 0 Å². The second-order valence-corrected chi connectivity index (χ2v) is 7.72. The molecule has 0 aromatic carbocycles. The highest BCUT2D eigenvalue weighted by Gasteiger charge is 2.31. The smallest absolute Gasteiger partial charge is 0.0678 e. The van der Waals surface area contributed by atoms with Crippen LogP contribution in [0.2, 0.25) is 0 Å². The Morgan fingerprint density at radius 2 is 1.95 bits per heavy atom. The van der Waals surface area contributed by atoms with E-state index in [-0.39, 0.29) is 5.41 Å². The minimum atomic E-state index is 0.125. The third-order valence-electron chi connectivity index (χ3n) is 4.77. The normalized spacial score (nSPS) is 26.0. The van der Waals surface area contributed by atoms with E-state index < -0.39 is 0 Å². The number of aromatic nitrogens is 2. The van der Waals surface area contributed by atoms with Crippen molar-refractivity contribution in [1.82, 2.24) is 24.9 Å². The molecule has 5 nitrogen and oxygen atoms in total. The Bertz CT molecular complexity index is 475. The van der Waals surface area contributed by atoms with E-state index in [1.807, 2.05) is 0 Å². The maximum absolute atomic E-state index is 4.48. The zero-order valence-corrected chi connectivity index (χ0v) is 13.9. The van der Waals surface area contributed by atoms with E-state index in [0.717, 1.165) is 12.2 Å². The minimum absolute atomic E-state index is 0.125.